The Balaban J connectivity index is 2.52. The predicted octanol–water partition coefficient (Wildman–Crippen LogP) is 2.36. The summed E-state index contributed by atoms with van der Waals surface area (Å²) < 4.78 is 4.83. The van der Waals surface area contributed by atoms with Crippen LogP contribution in [0.3, 0.4) is 0 Å². The van der Waals surface area contributed by atoms with Crippen molar-refractivity contribution in [2.75, 3.05) is 19.2 Å². The van der Waals surface area contributed by atoms with Crippen LogP contribution in [0.1, 0.15) is 0 Å². The lowest BCUT2D eigenvalue weighted by Gasteiger charge is -2.03. The van der Waals surface area contributed by atoms with Gasteiger partial charge in [0, 0.05) is 17.8 Å². The minimum atomic E-state index is 0.516. The number of hydrogen-bond donors (Lipinski definition) is 1. The molecule has 1 N–H and O–H groups in total. The summed E-state index contributed by atoms with van der Waals surface area (Å²) in [7, 11) is 1.64. The van der Waals surface area contributed by atoms with Crippen LogP contribution in [0.15, 0.2) is 24.3 Å². The first-order valence-corrected chi connectivity index (χ1v) is 3.69. The van der Waals surface area contributed by atoms with Gasteiger partial charge in [-0.15, -0.1) is 0 Å². The Morgan fingerprint density at radius 1 is 1.36 bits per heavy atom. The number of benzene rings is 1. The average molecular weight is 172 g/mol. The molecule has 0 bridgehead atoms. The van der Waals surface area contributed by atoms with Gasteiger partial charge >= 0.3 is 0 Å². The molecule has 0 amide bonds. The fourth-order valence-corrected chi connectivity index (χ4v) is 0.849. The van der Waals surface area contributed by atoms with Crippen molar-refractivity contribution in [2.24, 2.45) is 0 Å². The van der Waals surface area contributed by atoms with Crippen molar-refractivity contribution in [1.82, 2.24) is 0 Å². The summed E-state index contributed by atoms with van der Waals surface area (Å²) in [6.07, 6.45) is 0. The van der Waals surface area contributed by atoms with Gasteiger partial charge in [-0.05, 0) is 24.3 Å². The molecule has 0 aromatic heterocycles. The van der Waals surface area contributed by atoms with Crippen LogP contribution in [0.4, 0.5) is 5.69 Å². The number of methoxy groups -OCH3 is 1. The van der Waals surface area contributed by atoms with Crippen molar-refractivity contribution < 1.29 is 4.74 Å². The van der Waals surface area contributed by atoms with E-state index in [1.54, 1.807) is 7.11 Å². The molecule has 60 valence electrons. The Labute approximate surface area is 71.1 Å². The van der Waals surface area contributed by atoms with E-state index in [1.165, 1.54) is 0 Å². The summed E-state index contributed by atoms with van der Waals surface area (Å²) >= 11 is 5.69. The SMILES string of the molecule is COCNc1ccc(Cl)cc1. The molecular weight excluding hydrogens is 162 g/mol. The molecule has 0 heterocycles. The molecule has 0 unspecified atom stereocenters. The molecule has 1 aromatic rings. The van der Waals surface area contributed by atoms with Crippen molar-refractivity contribution in [3.63, 3.8) is 0 Å². The Morgan fingerprint density at radius 2 is 2.00 bits per heavy atom. The maximum absolute atomic E-state index is 5.69. The largest absolute Gasteiger partial charge is 0.365 e. The number of rotatable bonds is 3. The molecule has 1 rings (SSSR count). The molecule has 0 atom stereocenters. The molecule has 0 fully saturated rings. The van der Waals surface area contributed by atoms with E-state index in [0.29, 0.717) is 6.73 Å². The van der Waals surface area contributed by atoms with E-state index in [0.717, 1.165) is 10.7 Å². The van der Waals surface area contributed by atoms with Crippen molar-refractivity contribution in [3.8, 4) is 0 Å². The second-order valence-corrected chi connectivity index (χ2v) is 2.55. The van der Waals surface area contributed by atoms with Gasteiger partial charge in [0.05, 0.1) is 0 Å². The minimum Gasteiger partial charge on any atom is -0.365 e. The van der Waals surface area contributed by atoms with Crippen molar-refractivity contribution in [1.29, 1.82) is 0 Å². The molecule has 0 saturated heterocycles. The van der Waals surface area contributed by atoms with Gasteiger partial charge in [-0.2, -0.15) is 0 Å². The minimum absolute atomic E-state index is 0.516. The van der Waals surface area contributed by atoms with Crippen LogP contribution in [0, 0.1) is 0 Å². The van der Waals surface area contributed by atoms with Crippen LogP contribution in [-0.2, 0) is 4.74 Å². The number of halogens is 1. The Hall–Kier alpha value is -0.730. The fraction of sp³-hybridized carbons (Fsp3) is 0.250. The second kappa shape index (κ2) is 4.21. The van der Waals surface area contributed by atoms with Crippen molar-refractivity contribution in [2.45, 2.75) is 0 Å². The first-order chi connectivity index (χ1) is 5.33. The van der Waals surface area contributed by atoms with Gasteiger partial charge in [0.2, 0.25) is 0 Å². The molecule has 3 heteroatoms. The Bertz CT molecular complexity index is 210. The molecule has 0 saturated carbocycles. The molecule has 11 heavy (non-hydrogen) atoms. The summed E-state index contributed by atoms with van der Waals surface area (Å²) in [5.41, 5.74) is 1.01. The monoisotopic (exact) mass is 171 g/mol. The van der Waals surface area contributed by atoms with Gasteiger partial charge in [0.1, 0.15) is 6.73 Å². The van der Waals surface area contributed by atoms with Gasteiger partial charge in [0.25, 0.3) is 0 Å². The standard InChI is InChI=1S/C8H10ClNO/c1-11-6-10-8-4-2-7(9)3-5-8/h2-5,10H,6H2,1H3. The summed E-state index contributed by atoms with van der Waals surface area (Å²) in [5.74, 6) is 0. The Morgan fingerprint density at radius 3 is 2.55 bits per heavy atom. The molecule has 2 nitrogen and oxygen atoms in total. The summed E-state index contributed by atoms with van der Waals surface area (Å²) in [5, 5.41) is 3.78. The first kappa shape index (κ1) is 8.37. The highest BCUT2D eigenvalue weighted by atomic mass is 35.5. The van der Waals surface area contributed by atoms with Crippen LogP contribution >= 0.6 is 11.6 Å². The van der Waals surface area contributed by atoms with Gasteiger partial charge < -0.3 is 10.1 Å². The number of anilines is 1. The lowest BCUT2D eigenvalue weighted by molar-refractivity contribution is 0.221. The van der Waals surface area contributed by atoms with Crippen LogP contribution < -0.4 is 5.32 Å². The topological polar surface area (TPSA) is 21.3 Å². The van der Waals surface area contributed by atoms with Gasteiger partial charge in [-0.25, -0.2) is 0 Å². The van der Waals surface area contributed by atoms with E-state index in [9.17, 15) is 0 Å². The maximum Gasteiger partial charge on any atom is 0.116 e. The molecular formula is C8H10ClNO. The predicted molar refractivity (Wildman–Crippen MR) is 47.0 cm³/mol. The highest BCUT2D eigenvalue weighted by Crippen LogP contribution is 2.12. The highest BCUT2D eigenvalue weighted by molar-refractivity contribution is 6.30. The third kappa shape index (κ3) is 2.78. The van der Waals surface area contributed by atoms with E-state index in [4.69, 9.17) is 16.3 Å². The molecule has 0 spiro atoms. The van der Waals surface area contributed by atoms with E-state index < -0.39 is 0 Å². The third-order valence-corrected chi connectivity index (χ3v) is 1.52. The van der Waals surface area contributed by atoms with Crippen molar-refractivity contribution in [3.05, 3.63) is 29.3 Å². The van der Waals surface area contributed by atoms with E-state index in [1.807, 2.05) is 24.3 Å². The fourth-order valence-electron chi connectivity index (χ4n) is 0.723. The number of hydrogen-bond acceptors (Lipinski definition) is 2. The zero-order valence-electron chi connectivity index (χ0n) is 6.30. The lowest BCUT2D eigenvalue weighted by atomic mass is 10.3. The summed E-state index contributed by atoms with van der Waals surface area (Å²) in [6.45, 7) is 0.516. The summed E-state index contributed by atoms with van der Waals surface area (Å²) in [6, 6.07) is 7.47. The molecule has 0 aliphatic rings. The lowest BCUT2D eigenvalue weighted by Crippen LogP contribution is -2.02. The van der Waals surface area contributed by atoms with Crippen LogP contribution in [0.5, 0.6) is 0 Å². The van der Waals surface area contributed by atoms with Crippen LogP contribution in [0.2, 0.25) is 5.02 Å². The smallest absolute Gasteiger partial charge is 0.116 e. The van der Waals surface area contributed by atoms with Gasteiger partial charge in [0.15, 0.2) is 0 Å². The average Bonchev–Trinajstić information content (AvgIpc) is 2.04. The van der Waals surface area contributed by atoms with Gasteiger partial charge in [-0.1, -0.05) is 11.6 Å². The molecule has 1 aromatic carbocycles. The zero-order valence-corrected chi connectivity index (χ0v) is 7.06. The number of ether oxygens (including phenoxy) is 1. The van der Waals surface area contributed by atoms with Crippen LogP contribution in [-0.4, -0.2) is 13.8 Å². The molecule has 0 aliphatic carbocycles. The highest BCUT2D eigenvalue weighted by Gasteiger charge is 1.88. The van der Waals surface area contributed by atoms with E-state index in [-0.39, 0.29) is 0 Å². The second-order valence-electron chi connectivity index (χ2n) is 2.12. The summed E-state index contributed by atoms with van der Waals surface area (Å²) in [4.78, 5) is 0. The Kier molecular flexibility index (Phi) is 3.20. The van der Waals surface area contributed by atoms with E-state index in [2.05, 4.69) is 5.32 Å². The normalized spacial score (nSPS) is 9.64. The molecule has 0 aliphatic heterocycles. The van der Waals surface area contributed by atoms with Gasteiger partial charge in [-0.3, -0.25) is 0 Å². The zero-order chi connectivity index (χ0) is 8.10. The quantitative estimate of drug-likeness (QED) is 0.705. The first-order valence-electron chi connectivity index (χ1n) is 3.31. The number of nitrogens with one attached hydrogen (secondary N) is 1. The van der Waals surface area contributed by atoms with Crippen LogP contribution in [0.25, 0.3) is 0 Å². The maximum atomic E-state index is 5.69. The third-order valence-electron chi connectivity index (χ3n) is 1.26. The van der Waals surface area contributed by atoms with E-state index >= 15 is 0 Å². The van der Waals surface area contributed by atoms with Crippen molar-refractivity contribution >= 4 is 17.3 Å². The molecule has 0 radical (unpaired) electrons.